The first-order valence-corrected chi connectivity index (χ1v) is 11.6. The van der Waals surface area contributed by atoms with Gasteiger partial charge in [0.2, 0.25) is 0 Å². The number of rotatable bonds is 10. The van der Waals surface area contributed by atoms with E-state index in [0.29, 0.717) is 12.5 Å². The number of hydrogen-bond donors (Lipinski definition) is 2. The van der Waals surface area contributed by atoms with Gasteiger partial charge in [0.05, 0.1) is 19.8 Å². The minimum Gasteiger partial charge on any atom is -0.381 e. The van der Waals surface area contributed by atoms with E-state index in [1.54, 1.807) is 0 Å². The lowest BCUT2D eigenvalue weighted by atomic mass is 9.99. The van der Waals surface area contributed by atoms with Gasteiger partial charge in [0.25, 0.3) is 0 Å². The lowest BCUT2D eigenvalue weighted by Crippen LogP contribution is -2.38. The van der Waals surface area contributed by atoms with E-state index in [2.05, 4.69) is 46.5 Å². The first-order valence-electron chi connectivity index (χ1n) is 11.6. The maximum absolute atomic E-state index is 5.76. The maximum Gasteiger partial charge on any atom is 0.191 e. The Morgan fingerprint density at radius 2 is 2.10 bits per heavy atom. The van der Waals surface area contributed by atoms with Crippen LogP contribution in [0.25, 0.3) is 0 Å². The molecule has 1 aromatic heterocycles. The van der Waals surface area contributed by atoms with Crippen molar-refractivity contribution < 1.29 is 9.47 Å². The van der Waals surface area contributed by atoms with Crippen LogP contribution in [0, 0.1) is 11.8 Å². The third-order valence-electron chi connectivity index (χ3n) is 5.82. The molecule has 0 aromatic carbocycles. The molecule has 3 rings (SSSR count). The monoisotopic (exact) mass is 545 g/mol. The fourth-order valence-electron chi connectivity index (χ4n) is 3.79. The summed E-state index contributed by atoms with van der Waals surface area (Å²) in [5.41, 5.74) is 1.13. The summed E-state index contributed by atoms with van der Waals surface area (Å²) in [6.45, 7) is 12.3. The van der Waals surface area contributed by atoms with Crippen molar-refractivity contribution in [2.45, 2.75) is 46.1 Å². The fraction of sp³-hybridized carbons (Fsp3) is 0.739. The number of halogens is 1. The van der Waals surface area contributed by atoms with Crippen LogP contribution in [0.4, 0.5) is 5.82 Å². The van der Waals surface area contributed by atoms with Gasteiger partial charge in [-0.3, -0.25) is 0 Å². The van der Waals surface area contributed by atoms with Gasteiger partial charge in [-0.15, -0.1) is 24.0 Å². The molecule has 2 saturated heterocycles. The van der Waals surface area contributed by atoms with E-state index in [9.17, 15) is 0 Å². The highest BCUT2D eigenvalue weighted by atomic mass is 127. The molecule has 0 saturated carbocycles. The number of guanidine groups is 1. The van der Waals surface area contributed by atoms with Crippen molar-refractivity contribution in [3.8, 4) is 0 Å². The van der Waals surface area contributed by atoms with E-state index in [1.807, 2.05) is 6.20 Å². The van der Waals surface area contributed by atoms with Crippen molar-refractivity contribution in [1.82, 2.24) is 15.6 Å². The Morgan fingerprint density at radius 3 is 2.77 bits per heavy atom. The molecule has 2 aliphatic heterocycles. The average molecular weight is 546 g/mol. The largest absolute Gasteiger partial charge is 0.381 e. The van der Waals surface area contributed by atoms with Crippen LogP contribution in [0.2, 0.25) is 0 Å². The molecule has 0 spiro atoms. The number of piperidine rings is 1. The van der Waals surface area contributed by atoms with Crippen molar-refractivity contribution in [2.24, 2.45) is 16.8 Å². The second kappa shape index (κ2) is 14.8. The quantitative estimate of drug-likeness (QED) is 0.203. The first kappa shape index (κ1) is 26.1. The first-order chi connectivity index (χ1) is 14.7. The third kappa shape index (κ3) is 9.49. The Kier molecular flexibility index (Phi) is 12.5. The van der Waals surface area contributed by atoms with Crippen LogP contribution >= 0.6 is 24.0 Å². The number of aliphatic imine (C=N–C) groups is 1. The molecule has 176 valence electrons. The van der Waals surface area contributed by atoms with Crippen LogP contribution in [-0.4, -0.2) is 63.6 Å². The summed E-state index contributed by atoms with van der Waals surface area (Å²) in [7, 11) is 0. The number of nitrogens with zero attached hydrogens (tertiary/aromatic N) is 3. The van der Waals surface area contributed by atoms with Gasteiger partial charge in [0.15, 0.2) is 5.96 Å². The molecule has 1 unspecified atom stereocenters. The molecular weight excluding hydrogens is 505 g/mol. The highest BCUT2D eigenvalue weighted by Gasteiger charge is 2.17. The molecule has 0 radical (unpaired) electrons. The molecule has 3 heterocycles. The molecule has 0 bridgehead atoms. The zero-order valence-electron chi connectivity index (χ0n) is 19.1. The Labute approximate surface area is 204 Å². The third-order valence-corrected chi connectivity index (χ3v) is 5.82. The Morgan fingerprint density at radius 1 is 1.26 bits per heavy atom. The molecule has 2 fully saturated rings. The number of pyridine rings is 1. The molecule has 1 aromatic rings. The number of nitrogens with one attached hydrogen (secondary N) is 2. The van der Waals surface area contributed by atoms with E-state index in [0.717, 1.165) is 88.7 Å². The van der Waals surface area contributed by atoms with Crippen molar-refractivity contribution in [3.05, 3.63) is 23.9 Å². The minimum atomic E-state index is 0. The molecule has 7 nitrogen and oxygen atoms in total. The topological polar surface area (TPSA) is 71.0 Å². The summed E-state index contributed by atoms with van der Waals surface area (Å²) in [6, 6.07) is 4.28. The number of ether oxygens (including phenoxy) is 2. The van der Waals surface area contributed by atoms with Crippen molar-refractivity contribution >= 4 is 35.8 Å². The van der Waals surface area contributed by atoms with Crippen LogP contribution < -0.4 is 15.5 Å². The zero-order valence-corrected chi connectivity index (χ0v) is 21.5. The Hall–Kier alpha value is -1.13. The second-order valence-corrected chi connectivity index (χ2v) is 8.47. The molecule has 2 aliphatic rings. The van der Waals surface area contributed by atoms with Gasteiger partial charge in [-0.25, -0.2) is 9.98 Å². The summed E-state index contributed by atoms with van der Waals surface area (Å²) in [6.07, 6.45) is 6.56. The molecule has 0 amide bonds. The number of aromatic nitrogens is 1. The van der Waals surface area contributed by atoms with Crippen molar-refractivity contribution in [2.75, 3.05) is 57.5 Å². The van der Waals surface area contributed by atoms with E-state index in [1.165, 1.54) is 12.8 Å². The fourth-order valence-corrected chi connectivity index (χ4v) is 3.79. The van der Waals surface area contributed by atoms with Gasteiger partial charge in [-0.1, -0.05) is 13.0 Å². The van der Waals surface area contributed by atoms with Crippen molar-refractivity contribution in [3.63, 3.8) is 0 Å². The highest BCUT2D eigenvalue weighted by molar-refractivity contribution is 14.0. The molecule has 31 heavy (non-hydrogen) atoms. The van der Waals surface area contributed by atoms with Gasteiger partial charge >= 0.3 is 0 Å². The van der Waals surface area contributed by atoms with Crippen molar-refractivity contribution in [1.29, 1.82) is 0 Å². The van der Waals surface area contributed by atoms with Gasteiger partial charge in [0.1, 0.15) is 5.82 Å². The number of anilines is 1. The predicted octanol–water partition coefficient (Wildman–Crippen LogP) is 3.43. The van der Waals surface area contributed by atoms with E-state index < -0.39 is 0 Å². The maximum atomic E-state index is 5.76. The van der Waals surface area contributed by atoms with E-state index in [4.69, 9.17) is 14.5 Å². The molecule has 8 heteroatoms. The standard InChI is InChI=1S/C23H39N5O2.HI/c1-3-24-23(25-10-4-13-29-17-21-9-14-30-18-21)27-16-20-5-6-22(26-15-20)28-11-7-19(2)8-12-28;/h5-6,15,19,21H,3-4,7-14,16-18H2,1-2H3,(H2,24,25,27);1H. The summed E-state index contributed by atoms with van der Waals surface area (Å²) in [4.78, 5) is 11.8. The van der Waals surface area contributed by atoms with Gasteiger partial charge in [0, 0.05) is 51.5 Å². The summed E-state index contributed by atoms with van der Waals surface area (Å²) < 4.78 is 11.1. The normalized spacial score (nSPS) is 19.9. The second-order valence-electron chi connectivity index (χ2n) is 8.47. The van der Waals surface area contributed by atoms with Crippen LogP contribution in [0.3, 0.4) is 0 Å². The highest BCUT2D eigenvalue weighted by Crippen LogP contribution is 2.21. The average Bonchev–Trinajstić information content (AvgIpc) is 3.29. The Balaban J connectivity index is 0.00000341. The summed E-state index contributed by atoms with van der Waals surface area (Å²) in [5.74, 6) is 3.34. The van der Waals surface area contributed by atoms with E-state index in [-0.39, 0.29) is 24.0 Å². The summed E-state index contributed by atoms with van der Waals surface area (Å²) in [5, 5.41) is 6.70. The Bertz CT molecular complexity index is 629. The van der Waals surface area contributed by atoms with Crippen LogP contribution in [0.1, 0.15) is 45.1 Å². The lowest BCUT2D eigenvalue weighted by molar-refractivity contribution is 0.0888. The van der Waals surface area contributed by atoms with Gasteiger partial charge in [-0.05, 0) is 50.2 Å². The molecule has 2 N–H and O–H groups in total. The molecule has 1 atom stereocenters. The minimum absolute atomic E-state index is 0. The van der Waals surface area contributed by atoms with Crippen LogP contribution in [-0.2, 0) is 16.0 Å². The van der Waals surface area contributed by atoms with Gasteiger partial charge < -0.3 is 25.0 Å². The smallest absolute Gasteiger partial charge is 0.191 e. The molecule has 0 aliphatic carbocycles. The van der Waals surface area contributed by atoms with Gasteiger partial charge in [-0.2, -0.15) is 0 Å². The summed E-state index contributed by atoms with van der Waals surface area (Å²) >= 11 is 0. The van der Waals surface area contributed by atoms with E-state index >= 15 is 0 Å². The lowest BCUT2D eigenvalue weighted by Gasteiger charge is -2.31. The molecular formula is C23H40IN5O2. The zero-order chi connectivity index (χ0) is 21.0. The predicted molar refractivity (Wildman–Crippen MR) is 137 cm³/mol. The van der Waals surface area contributed by atoms with Crippen LogP contribution in [0.5, 0.6) is 0 Å². The SMILES string of the molecule is CCNC(=NCc1ccc(N2CCC(C)CC2)nc1)NCCCOCC1CCOC1.I. The van der Waals surface area contributed by atoms with Crippen LogP contribution in [0.15, 0.2) is 23.3 Å². The number of hydrogen-bond acceptors (Lipinski definition) is 5.